The van der Waals surface area contributed by atoms with Crippen molar-refractivity contribution in [1.29, 1.82) is 0 Å². The Morgan fingerprint density at radius 3 is 1.22 bits per heavy atom. The third kappa shape index (κ3) is 13.3. The second-order valence-corrected chi connectivity index (χ2v) is 6.85. The molecule has 1 aliphatic carbocycles. The molecule has 1 rings (SSSR count). The summed E-state index contributed by atoms with van der Waals surface area (Å²) >= 11 is 0. The van der Waals surface area contributed by atoms with Crippen LogP contribution in [0.5, 0.6) is 0 Å². The molecule has 1 aliphatic rings. The molecular weight excluding hydrogens is 216 g/mol. The summed E-state index contributed by atoms with van der Waals surface area (Å²) in [6, 6.07) is 0. The van der Waals surface area contributed by atoms with E-state index in [1.165, 1.54) is 11.1 Å². The summed E-state index contributed by atoms with van der Waals surface area (Å²) in [6.45, 7) is 21.5. The largest absolute Gasteiger partial charge is 0.0748 e. The van der Waals surface area contributed by atoms with Gasteiger partial charge in [0.2, 0.25) is 0 Å². The standard InChI is InChI=1S/C11H16.C5H12.C2H6/c1-9-5-7-11(3,4)8-6-10(9)2;1-5(2,3)4;1-2/h5-8H,1-4H3;1-4H3;1-2H3. The van der Waals surface area contributed by atoms with Crippen LogP contribution in [0.25, 0.3) is 0 Å². The van der Waals surface area contributed by atoms with Crippen LogP contribution < -0.4 is 0 Å². The molecule has 0 heterocycles. The van der Waals surface area contributed by atoms with Crippen LogP contribution in [0.4, 0.5) is 0 Å². The van der Waals surface area contributed by atoms with E-state index in [9.17, 15) is 0 Å². The summed E-state index contributed by atoms with van der Waals surface area (Å²) in [5, 5.41) is 0. The minimum absolute atomic E-state index is 0.221. The van der Waals surface area contributed by atoms with E-state index in [-0.39, 0.29) is 5.41 Å². The third-order valence-corrected chi connectivity index (χ3v) is 2.15. The van der Waals surface area contributed by atoms with Crippen molar-refractivity contribution >= 4 is 0 Å². The quantitative estimate of drug-likeness (QED) is 0.457. The van der Waals surface area contributed by atoms with Crippen molar-refractivity contribution < 1.29 is 0 Å². The van der Waals surface area contributed by atoms with Gasteiger partial charge >= 0.3 is 0 Å². The highest BCUT2D eigenvalue weighted by Crippen LogP contribution is 2.24. The summed E-state index contributed by atoms with van der Waals surface area (Å²) in [7, 11) is 0. The fourth-order valence-corrected chi connectivity index (χ4v) is 0.998. The number of hydrogen-bond acceptors (Lipinski definition) is 0. The first-order valence-electron chi connectivity index (χ1n) is 7.07. The number of rotatable bonds is 0. The molecule has 0 saturated heterocycles. The van der Waals surface area contributed by atoms with E-state index in [1.807, 2.05) is 13.8 Å². The van der Waals surface area contributed by atoms with Crippen LogP contribution >= 0.6 is 0 Å². The maximum Gasteiger partial charge on any atom is 0.00108 e. The molecular formula is C18H34. The van der Waals surface area contributed by atoms with Gasteiger partial charge in [0.1, 0.15) is 0 Å². The van der Waals surface area contributed by atoms with Gasteiger partial charge in [0, 0.05) is 5.41 Å². The van der Waals surface area contributed by atoms with E-state index in [0.717, 1.165) is 0 Å². The molecule has 0 saturated carbocycles. The maximum atomic E-state index is 2.25. The Kier molecular flexibility index (Phi) is 9.07. The molecule has 0 amide bonds. The van der Waals surface area contributed by atoms with Crippen molar-refractivity contribution in [3.63, 3.8) is 0 Å². The summed E-state index contributed by atoms with van der Waals surface area (Å²) in [5.41, 5.74) is 3.46. The Morgan fingerprint density at radius 1 is 0.778 bits per heavy atom. The van der Waals surface area contributed by atoms with Gasteiger partial charge in [-0.2, -0.15) is 0 Å². The topological polar surface area (TPSA) is 0 Å². The molecule has 0 unspecified atom stereocenters. The first kappa shape index (κ1) is 19.6. The molecule has 0 atom stereocenters. The zero-order valence-corrected chi connectivity index (χ0v) is 14.3. The van der Waals surface area contributed by atoms with Gasteiger partial charge in [-0.1, -0.05) is 79.7 Å². The van der Waals surface area contributed by atoms with Crippen LogP contribution in [0.2, 0.25) is 0 Å². The van der Waals surface area contributed by atoms with Gasteiger partial charge in [0.25, 0.3) is 0 Å². The molecule has 0 fully saturated rings. The van der Waals surface area contributed by atoms with Gasteiger partial charge in [-0.3, -0.25) is 0 Å². The molecule has 0 aromatic rings. The molecule has 0 bridgehead atoms. The van der Waals surface area contributed by atoms with Crippen molar-refractivity contribution in [2.45, 2.75) is 69.2 Å². The molecule has 0 N–H and O–H groups in total. The lowest BCUT2D eigenvalue weighted by Gasteiger charge is -2.12. The van der Waals surface area contributed by atoms with Gasteiger partial charge in [-0.15, -0.1) is 0 Å². The smallest absolute Gasteiger partial charge is 0.00108 e. The monoisotopic (exact) mass is 250 g/mol. The SMILES string of the molecule is CC.CC(C)(C)C.CC1=C(C)C=CC(C)(C)C=C1. The third-order valence-electron chi connectivity index (χ3n) is 2.15. The molecule has 0 spiro atoms. The van der Waals surface area contributed by atoms with Crippen LogP contribution in [0.3, 0.4) is 0 Å². The molecule has 0 radical (unpaired) electrons. The number of hydrogen-bond donors (Lipinski definition) is 0. The van der Waals surface area contributed by atoms with Gasteiger partial charge in [-0.25, -0.2) is 0 Å². The predicted octanol–water partition coefficient (Wildman–Crippen LogP) is 6.55. The average molecular weight is 250 g/mol. The van der Waals surface area contributed by atoms with Gasteiger partial charge < -0.3 is 0 Å². The Balaban J connectivity index is 0. The Labute approximate surface area is 116 Å². The summed E-state index contributed by atoms with van der Waals surface area (Å²) in [4.78, 5) is 0. The molecule has 0 aromatic carbocycles. The zero-order chi connectivity index (χ0) is 15.0. The van der Waals surface area contributed by atoms with E-state index < -0.39 is 0 Å². The first-order chi connectivity index (χ1) is 8.01. The van der Waals surface area contributed by atoms with Crippen molar-refractivity contribution in [1.82, 2.24) is 0 Å². The van der Waals surface area contributed by atoms with Gasteiger partial charge in [-0.05, 0) is 30.4 Å². The van der Waals surface area contributed by atoms with Crippen LogP contribution in [-0.2, 0) is 0 Å². The summed E-state index contributed by atoms with van der Waals surface area (Å²) in [6.07, 6.45) is 8.90. The lowest BCUT2D eigenvalue weighted by molar-refractivity contribution is 0.469. The fraction of sp³-hybridized carbons (Fsp3) is 0.667. The highest BCUT2D eigenvalue weighted by molar-refractivity contribution is 5.35. The average Bonchev–Trinajstić information content (AvgIpc) is 2.33. The van der Waals surface area contributed by atoms with Crippen molar-refractivity contribution in [2.75, 3.05) is 0 Å². The molecule has 106 valence electrons. The van der Waals surface area contributed by atoms with Crippen molar-refractivity contribution in [3.05, 3.63) is 35.5 Å². The van der Waals surface area contributed by atoms with E-state index >= 15 is 0 Å². The second kappa shape index (κ2) is 8.34. The first-order valence-corrected chi connectivity index (χ1v) is 7.07. The molecule has 0 aliphatic heterocycles. The Hall–Kier alpha value is -0.780. The maximum absolute atomic E-state index is 2.25. The molecule has 0 aromatic heterocycles. The van der Waals surface area contributed by atoms with Crippen LogP contribution in [0.15, 0.2) is 35.5 Å². The zero-order valence-electron chi connectivity index (χ0n) is 14.3. The van der Waals surface area contributed by atoms with Gasteiger partial charge in [0.05, 0.1) is 0 Å². The second-order valence-electron chi connectivity index (χ2n) is 6.85. The normalized spacial score (nSPS) is 17.2. The lowest BCUT2D eigenvalue weighted by atomic mass is 9.93. The molecule has 0 heteroatoms. The van der Waals surface area contributed by atoms with Crippen LogP contribution in [0, 0.1) is 10.8 Å². The fourth-order valence-electron chi connectivity index (χ4n) is 0.998. The van der Waals surface area contributed by atoms with Crippen molar-refractivity contribution in [2.24, 2.45) is 10.8 Å². The van der Waals surface area contributed by atoms with Crippen LogP contribution in [-0.4, -0.2) is 0 Å². The molecule has 18 heavy (non-hydrogen) atoms. The minimum Gasteiger partial charge on any atom is -0.0748 e. The van der Waals surface area contributed by atoms with Crippen LogP contribution in [0.1, 0.15) is 69.2 Å². The van der Waals surface area contributed by atoms with E-state index in [1.54, 1.807) is 0 Å². The number of allylic oxidation sites excluding steroid dienone is 6. The van der Waals surface area contributed by atoms with E-state index in [2.05, 4.69) is 79.7 Å². The molecule has 0 nitrogen and oxygen atoms in total. The van der Waals surface area contributed by atoms with Gasteiger partial charge in [0.15, 0.2) is 0 Å². The van der Waals surface area contributed by atoms with E-state index in [4.69, 9.17) is 0 Å². The highest BCUT2D eigenvalue weighted by atomic mass is 14.2. The summed E-state index contributed by atoms with van der Waals surface area (Å²) in [5.74, 6) is 0. The van der Waals surface area contributed by atoms with E-state index in [0.29, 0.717) is 5.41 Å². The highest BCUT2D eigenvalue weighted by Gasteiger charge is 2.10. The van der Waals surface area contributed by atoms with Crippen molar-refractivity contribution in [3.8, 4) is 0 Å². The Morgan fingerprint density at radius 2 is 1.00 bits per heavy atom. The lowest BCUT2D eigenvalue weighted by Crippen LogP contribution is -2.00. The Bertz CT molecular complexity index is 273. The predicted molar refractivity (Wildman–Crippen MR) is 86.9 cm³/mol. The minimum atomic E-state index is 0.221. The summed E-state index contributed by atoms with van der Waals surface area (Å²) < 4.78 is 0.